The molecule has 0 saturated carbocycles. The van der Waals surface area contributed by atoms with Gasteiger partial charge in [0, 0.05) is 31.6 Å². The predicted molar refractivity (Wildman–Crippen MR) is 120 cm³/mol. The van der Waals surface area contributed by atoms with Gasteiger partial charge in [-0.2, -0.15) is 0 Å². The lowest BCUT2D eigenvalue weighted by atomic mass is 10.3. The second-order valence-electron chi connectivity index (χ2n) is 6.86. The minimum atomic E-state index is -3.58. The molecule has 3 aromatic rings. The first-order chi connectivity index (χ1) is 14.9. The van der Waals surface area contributed by atoms with Gasteiger partial charge in [0.05, 0.1) is 29.1 Å². The molecule has 2 heterocycles. The minimum Gasteiger partial charge on any atom is -0.380 e. The number of anilines is 2. The molecule has 0 spiro atoms. The molecule has 2 aromatic heterocycles. The van der Waals surface area contributed by atoms with E-state index in [0.29, 0.717) is 24.8 Å². The van der Waals surface area contributed by atoms with Gasteiger partial charge in [0.15, 0.2) is 0 Å². The second-order valence-corrected chi connectivity index (χ2v) is 8.63. The first kappa shape index (κ1) is 22.9. The highest BCUT2D eigenvalue weighted by Crippen LogP contribution is 2.21. The van der Waals surface area contributed by atoms with Gasteiger partial charge in [-0.1, -0.05) is 6.92 Å². The maximum atomic E-state index is 12.4. The summed E-state index contributed by atoms with van der Waals surface area (Å²) in [5.74, 6) is 1.34. The van der Waals surface area contributed by atoms with Crippen LogP contribution in [0.25, 0.3) is 11.4 Å². The predicted octanol–water partition coefficient (Wildman–Crippen LogP) is 3.12. The van der Waals surface area contributed by atoms with Crippen LogP contribution in [0.5, 0.6) is 0 Å². The molecule has 1 aromatic carbocycles. The molecule has 31 heavy (non-hydrogen) atoms. The summed E-state index contributed by atoms with van der Waals surface area (Å²) in [6.07, 6.45) is 4.37. The number of rotatable bonds is 11. The van der Waals surface area contributed by atoms with Crippen molar-refractivity contribution in [2.24, 2.45) is 0 Å². The van der Waals surface area contributed by atoms with E-state index in [-0.39, 0.29) is 11.4 Å². The number of aromatic nitrogens is 4. The first-order valence-corrected chi connectivity index (χ1v) is 11.7. The van der Waals surface area contributed by atoms with Crippen molar-refractivity contribution in [3.8, 4) is 11.4 Å². The number of ether oxygens (including phenoxy) is 1. The summed E-state index contributed by atoms with van der Waals surface area (Å²) >= 11 is 0. The normalized spacial score (nSPS) is 11.6. The fourth-order valence-electron chi connectivity index (χ4n) is 3.06. The van der Waals surface area contributed by atoms with Crippen molar-refractivity contribution in [3.63, 3.8) is 0 Å². The van der Waals surface area contributed by atoms with Crippen molar-refractivity contribution < 1.29 is 13.2 Å². The third kappa shape index (κ3) is 5.87. The van der Waals surface area contributed by atoms with E-state index in [9.17, 15) is 8.42 Å². The topological polar surface area (TPSA) is 111 Å². The molecular formula is C21H28N6O3S. The Bertz CT molecular complexity index is 1100. The quantitative estimate of drug-likeness (QED) is 0.437. The van der Waals surface area contributed by atoms with Gasteiger partial charge in [-0.25, -0.2) is 28.1 Å². The van der Waals surface area contributed by atoms with Crippen molar-refractivity contribution in [1.29, 1.82) is 0 Å². The summed E-state index contributed by atoms with van der Waals surface area (Å²) in [4.78, 5) is 13.4. The van der Waals surface area contributed by atoms with Crippen LogP contribution in [-0.2, 0) is 21.3 Å². The van der Waals surface area contributed by atoms with Crippen molar-refractivity contribution in [1.82, 2.24) is 24.2 Å². The number of nitrogens with zero attached hydrogens (tertiary/aromatic N) is 4. The van der Waals surface area contributed by atoms with Crippen LogP contribution in [-0.4, -0.2) is 47.7 Å². The number of hydrogen-bond donors (Lipinski definition) is 2. The fourth-order valence-corrected chi connectivity index (χ4v) is 4.07. The van der Waals surface area contributed by atoms with E-state index in [0.717, 1.165) is 30.2 Å². The number of sulfonamides is 1. The largest absolute Gasteiger partial charge is 0.380 e. The number of nitrogens with one attached hydrogen (secondary N) is 2. The van der Waals surface area contributed by atoms with Crippen LogP contribution in [0.1, 0.15) is 26.1 Å². The molecule has 0 atom stereocenters. The molecule has 2 N–H and O–H groups in total. The van der Waals surface area contributed by atoms with Crippen molar-refractivity contribution >= 4 is 21.7 Å². The van der Waals surface area contributed by atoms with Gasteiger partial charge in [-0.05, 0) is 50.6 Å². The molecule has 0 radical (unpaired) electrons. The average Bonchev–Trinajstić information content (AvgIpc) is 3.14. The Balaban J connectivity index is 1.67. The van der Waals surface area contributed by atoms with E-state index < -0.39 is 10.0 Å². The Labute approximate surface area is 183 Å². The maximum Gasteiger partial charge on any atom is 0.240 e. The average molecular weight is 445 g/mol. The lowest BCUT2D eigenvalue weighted by molar-refractivity contribution is 0.140. The van der Waals surface area contributed by atoms with Gasteiger partial charge in [-0.3, -0.25) is 0 Å². The Kier molecular flexibility index (Phi) is 7.72. The molecule has 0 fully saturated rings. The molecule has 3 rings (SSSR count). The first-order valence-electron chi connectivity index (χ1n) is 10.2. The monoisotopic (exact) mass is 444 g/mol. The smallest absolute Gasteiger partial charge is 0.240 e. The van der Waals surface area contributed by atoms with Crippen LogP contribution in [0.3, 0.4) is 0 Å². The third-order valence-electron chi connectivity index (χ3n) is 4.60. The molecular weight excluding hydrogens is 416 g/mol. The fraction of sp³-hybridized carbons (Fsp3) is 0.381. The Morgan fingerprint density at radius 2 is 1.84 bits per heavy atom. The van der Waals surface area contributed by atoms with E-state index in [1.54, 1.807) is 24.5 Å². The van der Waals surface area contributed by atoms with Gasteiger partial charge in [0.2, 0.25) is 16.0 Å². The molecule has 0 bridgehead atoms. The van der Waals surface area contributed by atoms with E-state index >= 15 is 0 Å². The highest BCUT2D eigenvalue weighted by molar-refractivity contribution is 7.89. The lowest BCUT2D eigenvalue weighted by Gasteiger charge is -2.10. The summed E-state index contributed by atoms with van der Waals surface area (Å²) in [5.41, 5.74) is 2.36. The zero-order chi connectivity index (χ0) is 22.3. The summed E-state index contributed by atoms with van der Waals surface area (Å²) in [7, 11) is -3.58. The molecule has 0 amide bonds. The number of aryl methyl sites for hydroxylation is 1. The SMILES string of the molecule is CCCOCCNS(=O)(=O)c1ccc(Nc2nccc(-c3cnc(C)n3CC)n2)cc1. The molecule has 9 nitrogen and oxygen atoms in total. The van der Waals surface area contributed by atoms with E-state index in [2.05, 4.69) is 36.5 Å². The lowest BCUT2D eigenvalue weighted by Crippen LogP contribution is -2.27. The van der Waals surface area contributed by atoms with Gasteiger partial charge in [0.1, 0.15) is 5.82 Å². The third-order valence-corrected chi connectivity index (χ3v) is 6.07. The van der Waals surface area contributed by atoms with Crippen molar-refractivity contribution in [3.05, 3.63) is 48.5 Å². The standard InChI is InChI=1S/C21H28N6O3S/c1-4-13-30-14-12-24-31(28,29)18-8-6-17(7-9-18)25-21-22-11-10-19(26-21)20-15-23-16(3)27(20)5-2/h6-11,15,24H,4-5,12-14H2,1-3H3,(H,22,25,26). The zero-order valence-electron chi connectivity index (χ0n) is 18.0. The maximum absolute atomic E-state index is 12.4. The van der Waals surface area contributed by atoms with Gasteiger partial charge < -0.3 is 14.6 Å². The number of benzene rings is 1. The van der Waals surface area contributed by atoms with Crippen LogP contribution in [0.4, 0.5) is 11.6 Å². The highest BCUT2D eigenvalue weighted by atomic mass is 32.2. The number of hydrogen-bond acceptors (Lipinski definition) is 7. The Morgan fingerprint density at radius 3 is 2.55 bits per heavy atom. The van der Waals surface area contributed by atoms with Gasteiger partial charge in [0.25, 0.3) is 0 Å². The Morgan fingerprint density at radius 1 is 1.06 bits per heavy atom. The van der Waals surface area contributed by atoms with E-state index in [4.69, 9.17) is 4.74 Å². The molecule has 0 aliphatic rings. The van der Waals surface area contributed by atoms with Crippen LogP contribution in [0, 0.1) is 6.92 Å². The summed E-state index contributed by atoms with van der Waals surface area (Å²) in [5, 5.41) is 3.12. The highest BCUT2D eigenvalue weighted by Gasteiger charge is 2.14. The molecule has 0 aliphatic carbocycles. The minimum absolute atomic E-state index is 0.186. The molecule has 0 saturated heterocycles. The van der Waals surface area contributed by atoms with E-state index in [1.165, 1.54) is 12.1 Å². The molecule has 0 unspecified atom stereocenters. The van der Waals surface area contributed by atoms with Gasteiger partial charge >= 0.3 is 0 Å². The summed E-state index contributed by atoms with van der Waals surface area (Å²) in [6, 6.07) is 8.27. The van der Waals surface area contributed by atoms with Crippen LogP contribution < -0.4 is 10.0 Å². The van der Waals surface area contributed by atoms with Crippen LogP contribution in [0.2, 0.25) is 0 Å². The molecule has 0 aliphatic heterocycles. The molecule has 166 valence electrons. The van der Waals surface area contributed by atoms with Gasteiger partial charge in [-0.15, -0.1) is 0 Å². The van der Waals surface area contributed by atoms with E-state index in [1.807, 2.05) is 19.9 Å². The zero-order valence-corrected chi connectivity index (χ0v) is 18.8. The van der Waals surface area contributed by atoms with Crippen LogP contribution >= 0.6 is 0 Å². The van der Waals surface area contributed by atoms with Crippen LogP contribution in [0.15, 0.2) is 47.6 Å². The number of imidazole rings is 1. The summed E-state index contributed by atoms with van der Waals surface area (Å²) in [6.45, 7) is 8.00. The van der Waals surface area contributed by atoms with Crippen molar-refractivity contribution in [2.75, 3.05) is 25.1 Å². The van der Waals surface area contributed by atoms with Crippen molar-refractivity contribution in [2.45, 2.75) is 38.6 Å². The Hall–Kier alpha value is -2.82. The molecule has 10 heteroatoms. The summed E-state index contributed by atoms with van der Waals surface area (Å²) < 4.78 is 34.7. The second kappa shape index (κ2) is 10.5.